The second-order valence-electron chi connectivity index (χ2n) is 8.59. The highest BCUT2D eigenvalue weighted by Crippen LogP contribution is 2.54. The van der Waals surface area contributed by atoms with E-state index in [4.69, 9.17) is 32.5 Å². The van der Waals surface area contributed by atoms with Gasteiger partial charge in [-0.3, -0.25) is 4.79 Å². The SMILES string of the molecule is CC1c2c(cc(F)c(Cl)c2[C@@](O)(CF)COc2ccc(C(N)=O)cc2)OC1(CN)c1ccccc1. The Morgan fingerprint density at radius 2 is 1.89 bits per heavy atom. The van der Waals surface area contributed by atoms with Crippen LogP contribution in [0.5, 0.6) is 11.5 Å². The Morgan fingerprint density at radius 3 is 2.46 bits per heavy atom. The van der Waals surface area contributed by atoms with E-state index in [1.807, 2.05) is 37.3 Å². The van der Waals surface area contributed by atoms with Crippen LogP contribution in [0.2, 0.25) is 5.02 Å². The van der Waals surface area contributed by atoms with Gasteiger partial charge in [-0.1, -0.05) is 48.9 Å². The molecule has 184 valence electrons. The number of rotatable bonds is 8. The molecule has 0 bridgehead atoms. The van der Waals surface area contributed by atoms with Crippen LogP contribution in [-0.4, -0.2) is 30.8 Å². The minimum Gasteiger partial charge on any atom is -0.490 e. The maximum Gasteiger partial charge on any atom is 0.248 e. The predicted molar refractivity (Wildman–Crippen MR) is 128 cm³/mol. The van der Waals surface area contributed by atoms with E-state index in [1.54, 1.807) is 0 Å². The van der Waals surface area contributed by atoms with Crippen LogP contribution < -0.4 is 20.9 Å². The molecule has 9 heteroatoms. The lowest BCUT2D eigenvalue weighted by atomic mass is 9.76. The Labute approximate surface area is 206 Å². The first-order valence-corrected chi connectivity index (χ1v) is 11.3. The van der Waals surface area contributed by atoms with E-state index in [0.29, 0.717) is 5.56 Å². The molecule has 0 aromatic heterocycles. The maximum absolute atomic E-state index is 14.9. The molecule has 35 heavy (non-hydrogen) atoms. The molecule has 1 amide bonds. The molecule has 3 atom stereocenters. The van der Waals surface area contributed by atoms with Gasteiger partial charge in [0.2, 0.25) is 5.91 Å². The highest BCUT2D eigenvalue weighted by Gasteiger charge is 2.51. The number of amides is 1. The predicted octanol–water partition coefficient (Wildman–Crippen LogP) is 4.16. The van der Waals surface area contributed by atoms with E-state index >= 15 is 0 Å². The first-order chi connectivity index (χ1) is 16.7. The number of fused-ring (bicyclic) bond motifs is 1. The lowest BCUT2D eigenvalue weighted by Gasteiger charge is -2.33. The number of hydrogen-bond acceptors (Lipinski definition) is 5. The number of halogens is 3. The summed E-state index contributed by atoms with van der Waals surface area (Å²) < 4.78 is 41.2. The van der Waals surface area contributed by atoms with Crippen LogP contribution in [0.1, 0.15) is 39.9 Å². The highest BCUT2D eigenvalue weighted by atomic mass is 35.5. The molecular formula is C26H25ClF2N2O4. The molecule has 5 N–H and O–H groups in total. The van der Waals surface area contributed by atoms with Gasteiger partial charge in [-0.15, -0.1) is 0 Å². The smallest absolute Gasteiger partial charge is 0.248 e. The molecular weight excluding hydrogens is 478 g/mol. The molecule has 0 fully saturated rings. The zero-order valence-corrected chi connectivity index (χ0v) is 19.7. The van der Waals surface area contributed by atoms with Crippen molar-refractivity contribution in [2.24, 2.45) is 11.5 Å². The van der Waals surface area contributed by atoms with Crippen LogP contribution in [0, 0.1) is 5.82 Å². The van der Waals surface area contributed by atoms with Crippen LogP contribution in [-0.2, 0) is 11.2 Å². The van der Waals surface area contributed by atoms with Gasteiger partial charge in [-0.25, -0.2) is 8.78 Å². The van der Waals surface area contributed by atoms with E-state index in [9.17, 15) is 18.7 Å². The van der Waals surface area contributed by atoms with Crippen LogP contribution >= 0.6 is 11.6 Å². The summed E-state index contributed by atoms with van der Waals surface area (Å²) in [7, 11) is 0. The molecule has 0 aliphatic carbocycles. The van der Waals surface area contributed by atoms with Crippen molar-refractivity contribution in [2.75, 3.05) is 19.8 Å². The van der Waals surface area contributed by atoms with E-state index in [1.165, 1.54) is 24.3 Å². The number of nitrogens with two attached hydrogens (primary N) is 2. The topological polar surface area (TPSA) is 108 Å². The van der Waals surface area contributed by atoms with Gasteiger partial charge < -0.3 is 26.0 Å². The summed E-state index contributed by atoms with van der Waals surface area (Å²) in [6.07, 6.45) is 0. The third kappa shape index (κ3) is 4.22. The zero-order chi connectivity index (χ0) is 25.4. The van der Waals surface area contributed by atoms with Crippen LogP contribution in [0.25, 0.3) is 0 Å². The van der Waals surface area contributed by atoms with Gasteiger partial charge in [-0.05, 0) is 29.8 Å². The fraction of sp³-hybridized carbons (Fsp3) is 0.269. The molecule has 4 rings (SSSR count). The van der Waals surface area contributed by atoms with Crippen molar-refractivity contribution < 1.29 is 28.2 Å². The number of carbonyl (C=O) groups is 1. The lowest BCUT2D eigenvalue weighted by molar-refractivity contribution is -0.0300. The standard InChI is InChI=1S/C26H25ClF2N2O4/c1-15-21-20(35-26(15,13-30)17-5-3-2-4-6-17)11-19(29)23(27)22(21)25(33,12-28)14-34-18-9-7-16(8-10-18)24(31)32/h2-11,15,33H,12-14,30H2,1H3,(H2,31,32)/t15?,25-,26?/m1/s1. The molecule has 6 nitrogen and oxygen atoms in total. The minimum atomic E-state index is -2.30. The Bertz CT molecular complexity index is 1240. The fourth-order valence-electron chi connectivity index (χ4n) is 4.57. The van der Waals surface area contributed by atoms with Gasteiger partial charge in [0.15, 0.2) is 11.2 Å². The largest absolute Gasteiger partial charge is 0.490 e. The van der Waals surface area contributed by atoms with E-state index in [2.05, 4.69) is 0 Å². The fourth-order valence-corrected chi connectivity index (χ4v) is 4.90. The summed E-state index contributed by atoms with van der Waals surface area (Å²) in [5.74, 6) is -1.62. The van der Waals surface area contributed by atoms with Gasteiger partial charge in [0.05, 0.1) is 5.02 Å². The van der Waals surface area contributed by atoms with Gasteiger partial charge in [0.1, 0.15) is 30.6 Å². The number of benzene rings is 3. The lowest BCUT2D eigenvalue weighted by Crippen LogP contribution is -2.42. The minimum absolute atomic E-state index is 0.0440. The number of aliphatic hydroxyl groups is 1. The molecule has 0 radical (unpaired) electrons. The molecule has 1 heterocycles. The summed E-state index contributed by atoms with van der Waals surface area (Å²) in [5, 5.41) is 11.0. The highest BCUT2D eigenvalue weighted by molar-refractivity contribution is 6.31. The summed E-state index contributed by atoms with van der Waals surface area (Å²) >= 11 is 6.33. The molecule has 1 aliphatic rings. The molecule has 1 aliphatic heterocycles. The van der Waals surface area contributed by atoms with Gasteiger partial charge in [0, 0.05) is 35.2 Å². The normalized spacial score (nSPS) is 20.6. The number of ether oxygens (including phenoxy) is 2. The number of alkyl halides is 1. The molecule has 2 unspecified atom stereocenters. The summed E-state index contributed by atoms with van der Waals surface area (Å²) in [6, 6.07) is 16.1. The number of hydrogen-bond donors (Lipinski definition) is 3. The number of primary amides is 1. The van der Waals surface area contributed by atoms with E-state index in [0.717, 1.165) is 11.6 Å². The first-order valence-electron chi connectivity index (χ1n) is 10.9. The van der Waals surface area contributed by atoms with E-state index in [-0.39, 0.29) is 29.2 Å². The third-order valence-corrected chi connectivity index (χ3v) is 6.88. The average molecular weight is 503 g/mol. The van der Waals surface area contributed by atoms with Crippen molar-refractivity contribution in [2.45, 2.75) is 24.0 Å². The molecule has 0 spiro atoms. The van der Waals surface area contributed by atoms with Crippen molar-refractivity contribution in [1.82, 2.24) is 0 Å². The second kappa shape index (κ2) is 9.45. The van der Waals surface area contributed by atoms with Gasteiger partial charge in [-0.2, -0.15) is 0 Å². The van der Waals surface area contributed by atoms with Gasteiger partial charge in [0.25, 0.3) is 0 Å². The monoisotopic (exact) mass is 502 g/mol. The number of carbonyl (C=O) groups excluding carboxylic acids is 1. The van der Waals surface area contributed by atoms with Crippen LogP contribution in [0.15, 0.2) is 60.7 Å². The van der Waals surface area contributed by atoms with Crippen molar-refractivity contribution in [3.8, 4) is 11.5 Å². The zero-order valence-electron chi connectivity index (χ0n) is 18.9. The molecule has 3 aromatic rings. The molecule has 0 saturated heterocycles. The summed E-state index contributed by atoms with van der Waals surface area (Å²) in [5.41, 5.74) is 9.25. The second-order valence-corrected chi connectivity index (χ2v) is 8.96. The van der Waals surface area contributed by atoms with Crippen molar-refractivity contribution in [3.63, 3.8) is 0 Å². The van der Waals surface area contributed by atoms with Crippen molar-refractivity contribution in [1.29, 1.82) is 0 Å². The Kier molecular flexibility index (Phi) is 6.73. The Balaban J connectivity index is 1.76. The van der Waals surface area contributed by atoms with Crippen molar-refractivity contribution in [3.05, 3.63) is 93.8 Å². The molecule has 3 aromatic carbocycles. The third-order valence-electron chi connectivity index (χ3n) is 6.51. The van der Waals surface area contributed by atoms with E-state index < -0.39 is 47.1 Å². The van der Waals surface area contributed by atoms with Gasteiger partial charge >= 0.3 is 0 Å². The first kappa shape index (κ1) is 24.9. The average Bonchev–Trinajstić information content (AvgIpc) is 3.15. The quantitative estimate of drug-likeness (QED) is 0.428. The molecule has 0 saturated carbocycles. The Hall–Kier alpha value is -3.20. The van der Waals surface area contributed by atoms with Crippen molar-refractivity contribution >= 4 is 17.5 Å². The summed E-state index contributed by atoms with van der Waals surface area (Å²) in [4.78, 5) is 11.3. The maximum atomic E-state index is 14.9. The Morgan fingerprint density at radius 1 is 1.23 bits per heavy atom. The summed E-state index contributed by atoms with van der Waals surface area (Å²) in [6.45, 7) is -0.0355. The van der Waals surface area contributed by atoms with Crippen LogP contribution in [0.3, 0.4) is 0 Å². The van der Waals surface area contributed by atoms with Crippen LogP contribution in [0.4, 0.5) is 8.78 Å².